The number of carbonyl (C=O) groups is 1. The summed E-state index contributed by atoms with van der Waals surface area (Å²) in [6.45, 7) is 0.950. The third-order valence-electron chi connectivity index (χ3n) is 6.17. The first kappa shape index (κ1) is 21.4. The first-order valence-corrected chi connectivity index (χ1v) is 13.1. The van der Waals surface area contributed by atoms with Crippen LogP contribution in [0.1, 0.15) is 49.7 Å². The maximum absolute atomic E-state index is 13.1. The minimum atomic E-state index is -3.63. The molecular formula is C21H24N4O5S2. The molecule has 3 aromatic rings. The van der Waals surface area contributed by atoms with Gasteiger partial charge in [0.15, 0.2) is 0 Å². The molecule has 9 nitrogen and oxygen atoms in total. The average molecular weight is 477 g/mol. The molecule has 4 heterocycles. The third kappa shape index (κ3) is 4.24. The second kappa shape index (κ2) is 8.80. The molecule has 0 spiro atoms. The van der Waals surface area contributed by atoms with Gasteiger partial charge in [0.2, 0.25) is 17.6 Å². The Morgan fingerprint density at radius 2 is 2.06 bits per heavy atom. The van der Waals surface area contributed by atoms with E-state index < -0.39 is 10.0 Å². The molecule has 5 rings (SSSR count). The van der Waals surface area contributed by atoms with E-state index in [1.807, 2.05) is 0 Å². The Bertz CT molecular complexity index is 1170. The Morgan fingerprint density at radius 1 is 1.25 bits per heavy atom. The predicted molar refractivity (Wildman–Crippen MR) is 116 cm³/mol. The van der Waals surface area contributed by atoms with E-state index in [2.05, 4.69) is 15.5 Å². The summed E-state index contributed by atoms with van der Waals surface area (Å²) in [4.78, 5) is 16.9. The van der Waals surface area contributed by atoms with Crippen molar-refractivity contribution >= 4 is 27.3 Å². The van der Waals surface area contributed by atoms with Gasteiger partial charge in [0, 0.05) is 35.9 Å². The van der Waals surface area contributed by atoms with Gasteiger partial charge in [-0.3, -0.25) is 4.79 Å². The molecule has 1 aliphatic heterocycles. The topological polar surface area (TPSA) is 119 Å². The number of amides is 1. The molecule has 0 radical (unpaired) electrons. The average Bonchev–Trinajstić information content (AvgIpc) is 3.52. The first-order valence-electron chi connectivity index (χ1n) is 10.7. The van der Waals surface area contributed by atoms with Gasteiger partial charge >= 0.3 is 0 Å². The summed E-state index contributed by atoms with van der Waals surface area (Å²) in [5.41, 5.74) is 0.648. The number of carbonyl (C=O) groups excluding carboxylic acids is 1. The van der Waals surface area contributed by atoms with Crippen LogP contribution in [0.4, 0.5) is 0 Å². The van der Waals surface area contributed by atoms with E-state index in [0.717, 1.165) is 24.2 Å². The molecule has 1 aliphatic carbocycles. The van der Waals surface area contributed by atoms with Crippen molar-refractivity contribution in [2.75, 3.05) is 13.1 Å². The van der Waals surface area contributed by atoms with Crippen LogP contribution in [0.25, 0.3) is 11.4 Å². The lowest BCUT2D eigenvalue weighted by Gasteiger charge is -2.30. The fraction of sp³-hybridized carbons (Fsp3) is 0.476. The second-order valence-electron chi connectivity index (χ2n) is 8.21. The Morgan fingerprint density at radius 3 is 2.75 bits per heavy atom. The van der Waals surface area contributed by atoms with Gasteiger partial charge in [-0.1, -0.05) is 11.6 Å². The first-order chi connectivity index (χ1) is 15.5. The van der Waals surface area contributed by atoms with E-state index in [-0.39, 0.29) is 16.0 Å². The second-order valence-corrected chi connectivity index (χ2v) is 11.3. The number of nitrogens with one attached hydrogen (secondary N) is 1. The highest BCUT2D eigenvalue weighted by molar-refractivity contribution is 7.91. The van der Waals surface area contributed by atoms with Gasteiger partial charge in [0.1, 0.15) is 9.97 Å². The molecule has 11 heteroatoms. The molecule has 0 aromatic carbocycles. The van der Waals surface area contributed by atoms with Crippen LogP contribution in [0.15, 0.2) is 43.0 Å². The van der Waals surface area contributed by atoms with Gasteiger partial charge in [0.05, 0.1) is 12.8 Å². The number of sulfonamides is 1. The zero-order valence-corrected chi connectivity index (χ0v) is 19.0. The van der Waals surface area contributed by atoms with Gasteiger partial charge in [-0.15, -0.1) is 11.3 Å². The number of thiophene rings is 1. The van der Waals surface area contributed by atoms with Crippen LogP contribution >= 0.6 is 11.3 Å². The lowest BCUT2D eigenvalue weighted by molar-refractivity contribution is -0.126. The number of piperidine rings is 1. The number of nitrogens with zero attached hydrogens (tertiary/aromatic N) is 3. The molecule has 0 unspecified atom stereocenters. The summed E-state index contributed by atoms with van der Waals surface area (Å²) in [5, 5.41) is 8.63. The number of aromatic nitrogens is 2. The van der Waals surface area contributed by atoms with Crippen LogP contribution in [0.2, 0.25) is 0 Å². The molecule has 170 valence electrons. The number of hydrogen-bond donors (Lipinski definition) is 1. The lowest BCUT2D eigenvalue weighted by Crippen LogP contribution is -2.42. The molecule has 1 amide bonds. The van der Waals surface area contributed by atoms with E-state index in [9.17, 15) is 13.2 Å². The van der Waals surface area contributed by atoms with Crippen LogP contribution in [0.5, 0.6) is 0 Å². The molecular weight excluding hydrogens is 452 g/mol. The van der Waals surface area contributed by atoms with Crippen molar-refractivity contribution in [1.29, 1.82) is 0 Å². The SMILES string of the molecule is O=C(NCc1ccco1)C1CCN(S(=O)(=O)c2cc(-c3noc(C4CCC4)n3)cs2)CC1. The van der Waals surface area contributed by atoms with Crippen LogP contribution in [-0.4, -0.2) is 41.9 Å². The molecule has 2 fully saturated rings. The Labute approximate surface area is 189 Å². The third-order valence-corrected chi connectivity index (χ3v) is 9.48. The van der Waals surface area contributed by atoms with Gasteiger partial charge in [0.25, 0.3) is 10.0 Å². The molecule has 3 aromatic heterocycles. The van der Waals surface area contributed by atoms with Crippen molar-refractivity contribution in [3.05, 3.63) is 41.5 Å². The maximum Gasteiger partial charge on any atom is 0.252 e. The summed E-state index contributed by atoms with van der Waals surface area (Å²) < 4.78 is 38.5. The maximum atomic E-state index is 13.1. The quantitative estimate of drug-likeness (QED) is 0.555. The number of hydrogen-bond acceptors (Lipinski definition) is 8. The normalized spacial score (nSPS) is 18.5. The molecule has 2 aliphatic rings. The summed E-state index contributed by atoms with van der Waals surface area (Å²) in [6.07, 6.45) is 5.82. The minimum absolute atomic E-state index is 0.0729. The van der Waals surface area contributed by atoms with Crippen LogP contribution < -0.4 is 5.32 Å². The highest BCUT2D eigenvalue weighted by atomic mass is 32.2. The van der Waals surface area contributed by atoms with Crippen molar-refractivity contribution in [1.82, 2.24) is 19.8 Å². The van der Waals surface area contributed by atoms with Crippen LogP contribution in [0.3, 0.4) is 0 Å². The lowest BCUT2D eigenvalue weighted by atomic mass is 9.85. The van der Waals surface area contributed by atoms with Crippen molar-refractivity contribution in [2.45, 2.75) is 48.8 Å². The van der Waals surface area contributed by atoms with Crippen LogP contribution in [-0.2, 0) is 21.4 Å². The zero-order valence-electron chi connectivity index (χ0n) is 17.4. The Balaban J connectivity index is 1.19. The molecule has 32 heavy (non-hydrogen) atoms. The van der Waals surface area contributed by atoms with E-state index in [0.29, 0.717) is 61.4 Å². The van der Waals surface area contributed by atoms with E-state index >= 15 is 0 Å². The largest absolute Gasteiger partial charge is 0.467 e. The van der Waals surface area contributed by atoms with Crippen LogP contribution in [0, 0.1) is 5.92 Å². The standard InChI is InChI=1S/C21H24N4O5S2/c26-20(22-12-17-5-2-10-29-17)14-6-8-25(9-7-14)32(27,28)18-11-16(13-31-18)19-23-21(30-24-19)15-3-1-4-15/h2,5,10-11,13-15H,1,3-4,6-9,12H2,(H,22,26). The monoisotopic (exact) mass is 476 g/mol. The fourth-order valence-electron chi connectivity index (χ4n) is 3.96. The number of rotatable bonds is 7. The predicted octanol–water partition coefficient (Wildman–Crippen LogP) is 3.38. The van der Waals surface area contributed by atoms with Gasteiger partial charge in [-0.05, 0) is 43.9 Å². The van der Waals surface area contributed by atoms with Crippen molar-refractivity contribution in [3.63, 3.8) is 0 Å². The summed E-state index contributed by atoms with van der Waals surface area (Å²) in [6, 6.07) is 5.18. The van der Waals surface area contributed by atoms with Gasteiger partial charge < -0.3 is 14.3 Å². The minimum Gasteiger partial charge on any atom is -0.467 e. The van der Waals surface area contributed by atoms with E-state index in [1.165, 1.54) is 10.7 Å². The van der Waals surface area contributed by atoms with Crippen molar-refractivity contribution in [2.24, 2.45) is 5.92 Å². The number of furan rings is 1. The zero-order chi connectivity index (χ0) is 22.1. The Hall–Kier alpha value is -2.50. The molecule has 1 saturated carbocycles. The highest BCUT2D eigenvalue weighted by Gasteiger charge is 2.33. The fourth-order valence-corrected chi connectivity index (χ4v) is 6.74. The molecule has 0 atom stereocenters. The molecule has 1 saturated heterocycles. The smallest absolute Gasteiger partial charge is 0.252 e. The van der Waals surface area contributed by atoms with Crippen molar-refractivity contribution < 1.29 is 22.2 Å². The van der Waals surface area contributed by atoms with Crippen molar-refractivity contribution in [3.8, 4) is 11.4 Å². The molecule has 0 bridgehead atoms. The van der Waals surface area contributed by atoms with Gasteiger partial charge in [-0.25, -0.2) is 8.42 Å². The van der Waals surface area contributed by atoms with Gasteiger partial charge in [-0.2, -0.15) is 9.29 Å². The van der Waals surface area contributed by atoms with E-state index in [1.54, 1.807) is 29.8 Å². The summed E-state index contributed by atoms with van der Waals surface area (Å²) >= 11 is 1.16. The Kier molecular flexibility index (Phi) is 5.87. The molecule has 1 N–H and O–H groups in total. The highest BCUT2D eigenvalue weighted by Crippen LogP contribution is 2.37. The van der Waals surface area contributed by atoms with E-state index in [4.69, 9.17) is 8.94 Å². The summed E-state index contributed by atoms with van der Waals surface area (Å²) in [5.74, 6) is 1.80. The summed E-state index contributed by atoms with van der Waals surface area (Å²) in [7, 11) is -3.63.